The van der Waals surface area contributed by atoms with E-state index in [0.717, 1.165) is 11.3 Å². The molecule has 0 amide bonds. The molecule has 0 aliphatic rings. The maximum absolute atomic E-state index is 13.9. The minimum atomic E-state index is -0.415. The highest BCUT2D eigenvalue weighted by molar-refractivity contribution is 9.10. The molecule has 0 saturated heterocycles. The maximum atomic E-state index is 13.9. The second kappa shape index (κ2) is 6.10. The number of rotatable bonds is 2. The van der Waals surface area contributed by atoms with Crippen LogP contribution in [0.2, 0.25) is 5.02 Å². The molecule has 3 aromatic rings. The molecule has 0 aliphatic heterocycles. The lowest BCUT2D eigenvalue weighted by atomic mass is 10.0. The summed E-state index contributed by atoms with van der Waals surface area (Å²) in [5, 5.41) is 0.750. The summed E-state index contributed by atoms with van der Waals surface area (Å²) in [5.41, 5.74) is 2.16. The zero-order valence-electron chi connectivity index (χ0n) is 12.6. The molecule has 3 rings (SSSR count). The van der Waals surface area contributed by atoms with Crippen molar-refractivity contribution < 1.29 is 4.39 Å². The normalized spacial score (nSPS) is 11.4. The maximum Gasteiger partial charge on any atom is 0.257 e. The number of pyridine rings is 1. The zero-order chi connectivity index (χ0) is 16.7. The first kappa shape index (κ1) is 16.2. The van der Waals surface area contributed by atoms with E-state index in [1.807, 2.05) is 24.3 Å². The zero-order valence-corrected chi connectivity index (χ0v) is 15.0. The largest absolute Gasteiger partial charge is 0.276 e. The van der Waals surface area contributed by atoms with Crippen molar-refractivity contribution in [3.63, 3.8) is 0 Å². The molecule has 2 aromatic carbocycles. The van der Waals surface area contributed by atoms with Crippen molar-refractivity contribution in [1.29, 1.82) is 0 Å². The van der Waals surface area contributed by atoms with Crippen LogP contribution in [0.1, 0.15) is 25.3 Å². The van der Waals surface area contributed by atoms with E-state index in [1.165, 1.54) is 12.1 Å². The molecule has 2 nitrogen and oxygen atoms in total. The smallest absolute Gasteiger partial charge is 0.257 e. The molecular weight excluding hydrogens is 381 g/mol. The first-order chi connectivity index (χ1) is 10.9. The van der Waals surface area contributed by atoms with Crippen LogP contribution in [0.4, 0.5) is 4.39 Å². The Morgan fingerprint density at radius 1 is 1.17 bits per heavy atom. The number of hydrogen-bond acceptors (Lipinski definition) is 1. The highest BCUT2D eigenvalue weighted by Gasteiger charge is 2.15. The van der Waals surface area contributed by atoms with Crippen molar-refractivity contribution in [1.82, 2.24) is 4.57 Å². The Hall–Kier alpha value is -1.65. The summed E-state index contributed by atoms with van der Waals surface area (Å²) in [6, 6.07) is 12.0. The molecular formula is C18H14BrClFNO. The number of fused-ring (bicyclic) bond motifs is 1. The van der Waals surface area contributed by atoms with Crippen molar-refractivity contribution >= 4 is 38.4 Å². The van der Waals surface area contributed by atoms with E-state index in [1.54, 1.807) is 10.6 Å². The van der Waals surface area contributed by atoms with E-state index in [4.69, 9.17) is 11.6 Å². The second-order valence-electron chi connectivity index (χ2n) is 5.66. The van der Waals surface area contributed by atoms with Gasteiger partial charge < -0.3 is 0 Å². The molecule has 0 unspecified atom stereocenters. The number of nitrogens with zero attached hydrogens (tertiary/aromatic N) is 1. The standard InChI is InChI=1S/C18H14BrClFNO/c1-10(2)11-5-3-4-6-16(11)22-17-8-13(19)15(21)7-12(17)14(20)9-18(22)23/h3-10H,1-2H3. The topological polar surface area (TPSA) is 22.0 Å². The Morgan fingerprint density at radius 2 is 1.87 bits per heavy atom. The van der Waals surface area contributed by atoms with Crippen LogP contribution in [0.15, 0.2) is 51.7 Å². The number of hydrogen-bond donors (Lipinski definition) is 0. The highest BCUT2D eigenvalue weighted by Crippen LogP contribution is 2.30. The van der Waals surface area contributed by atoms with Gasteiger partial charge in [0.1, 0.15) is 5.82 Å². The van der Waals surface area contributed by atoms with E-state index >= 15 is 0 Å². The fourth-order valence-electron chi connectivity index (χ4n) is 2.71. The van der Waals surface area contributed by atoms with Crippen molar-refractivity contribution in [2.24, 2.45) is 0 Å². The molecule has 0 bridgehead atoms. The third kappa shape index (κ3) is 2.81. The Bertz CT molecular complexity index is 965. The molecule has 1 heterocycles. The van der Waals surface area contributed by atoms with Crippen LogP contribution in [-0.4, -0.2) is 4.57 Å². The Kier molecular flexibility index (Phi) is 4.30. The number of aromatic nitrogens is 1. The fraction of sp³-hybridized carbons (Fsp3) is 0.167. The summed E-state index contributed by atoms with van der Waals surface area (Å²) in [7, 11) is 0. The molecule has 0 spiro atoms. The number of benzene rings is 2. The van der Waals surface area contributed by atoms with Gasteiger partial charge in [-0.1, -0.05) is 43.6 Å². The van der Waals surface area contributed by atoms with Gasteiger partial charge in [-0.15, -0.1) is 0 Å². The highest BCUT2D eigenvalue weighted by atomic mass is 79.9. The van der Waals surface area contributed by atoms with E-state index in [0.29, 0.717) is 15.4 Å². The molecule has 23 heavy (non-hydrogen) atoms. The third-order valence-corrected chi connectivity index (χ3v) is 4.73. The van der Waals surface area contributed by atoms with Crippen molar-refractivity contribution in [3.05, 3.63) is 73.7 Å². The van der Waals surface area contributed by atoms with Gasteiger partial charge in [-0.3, -0.25) is 9.36 Å². The summed E-state index contributed by atoms with van der Waals surface area (Å²) in [6.07, 6.45) is 0. The van der Waals surface area contributed by atoms with Crippen LogP contribution in [0, 0.1) is 5.82 Å². The van der Waals surface area contributed by atoms with Gasteiger partial charge in [0.15, 0.2) is 0 Å². The third-order valence-electron chi connectivity index (χ3n) is 3.81. The monoisotopic (exact) mass is 393 g/mol. The van der Waals surface area contributed by atoms with E-state index in [9.17, 15) is 9.18 Å². The average Bonchev–Trinajstić information content (AvgIpc) is 2.50. The molecule has 0 aliphatic carbocycles. The van der Waals surface area contributed by atoms with Gasteiger partial charge in [-0.25, -0.2) is 4.39 Å². The first-order valence-electron chi connectivity index (χ1n) is 7.19. The summed E-state index contributed by atoms with van der Waals surface area (Å²) < 4.78 is 15.8. The summed E-state index contributed by atoms with van der Waals surface area (Å²) >= 11 is 9.34. The summed E-state index contributed by atoms with van der Waals surface area (Å²) in [4.78, 5) is 12.6. The average molecular weight is 395 g/mol. The molecule has 0 radical (unpaired) electrons. The Labute approximate surface area is 146 Å². The van der Waals surface area contributed by atoms with Gasteiger partial charge in [0.25, 0.3) is 5.56 Å². The van der Waals surface area contributed by atoms with Crippen molar-refractivity contribution in [2.75, 3.05) is 0 Å². The predicted molar refractivity (Wildman–Crippen MR) is 96.3 cm³/mol. The van der Waals surface area contributed by atoms with E-state index < -0.39 is 5.82 Å². The van der Waals surface area contributed by atoms with Gasteiger partial charge in [-0.05, 0) is 45.6 Å². The molecule has 0 atom stereocenters. The quantitative estimate of drug-likeness (QED) is 0.549. The van der Waals surface area contributed by atoms with Crippen LogP contribution in [0.5, 0.6) is 0 Å². The van der Waals surface area contributed by atoms with Crippen LogP contribution < -0.4 is 5.56 Å². The van der Waals surface area contributed by atoms with Crippen molar-refractivity contribution in [3.8, 4) is 5.69 Å². The van der Waals surface area contributed by atoms with Gasteiger partial charge >= 0.3 is 0 Å². The van der Waals surface area contributed by atoms with Crippen LogP contribution >= 0.6 is 27.5 Å². The fourth-order valence-corrected chi connectivity index (χ4v) is 3.29. The van der Waals surface area contributed by atoms with E-state index in [-0.39, 0.29) is 16.5 Å². The second-order valence-corrected chi connectivity index (χ2v) is 6.92. The van der Waals surface area contributed by atoms with Crippen LogP contribution in [0.3, 0.4) is 0 Å². The lowest BCUT2D eigenvalue weighted by Gasteiger charge is -2.17. The molecule has 0 fully saturated rings. The molecule has 0 N–H and O–H groups in total. The summed E-state index contributed by atoms with van der Waals surface area (Å²) in [6.45, 7) is 4.13. The molecule has 5 heteroatoms. The SMILES string of the molecule is CC(C)c1ccccc1-n1c(=O)cc(Cl)c2cc(F)c(Br)cc21. The molecule has 118 valence electrons. The Morgan fingerprint density at radius 3 is 2.57 bits per heavy atom. The van der Waals surface area contributed by atoms with Gasteiger partial charge in [0, 0.05) is 11.5 Å². The summed E-state index contributed by atoms with van der Waals surface area (Å²) in [5.74, 6) is -0.172. The number of para-hydroxylation sites is 1. The van der Waals surface area contributed by atoms with Gasteiger partial charge in [-0.2, -0.15) is 0 Å². The van der Waals surface area contributed by atoms with E-state index in [2.05, 4.69) is 29.8 Å². The first-order valence-corrected chi connectivity index (χ1v) is 8.37. The number of halogens is 3. The minimum Gasteiger partial charge on any atom is -0.276 e. The molecule has 0 saturated carbocycles. The predicted octanol–water partition coefficient (Wildman–Crippen LogP) is 5.67. The van der Waals surface area contributed by atoms with Crippen molar-refractivity contribution in [2.45, 2.75) is 19.8 Å². The van der Waals surface area contributed by atoms with Gasteiger partial charge in [0.05, 0.1) is 20.7 Å². The van der Waals surface area contributed by atoms with Gasteiger partial charge in [0.2, 0.25) is 0 Å². The van der Waals surface area contributed by atoms with Crippen LogP contribution in [0.25, 0.3) is 16.6 Å². The van der Waals surface area contributed by atoms with Crippen LogP contribution in [-0.2, 0) is 0 Å². The lowest BCUT2D eigenvalue weighted by Crippen LogP contribution is -2.19. The molecule has 1 aromatic heterocycles. The minimum absolute atomic E-state index is 0.242. The lowest BCUT2D eigenvalue weighted by molar-refractivity contribution is 0.623. The Balaban J connectivity index is 2.48.